The van der Waals surface area contributed by atoms with Crippen LogP contribution in [-0.4, -0.2) is 21.6 Å². The van der Waals surface area contributed by atoms with Gasteiger partial charge in [0, 0.05) is 5.69 Å². The molecule has 128 valence electrons. The lowest BCUT2D eigenvalue weighted by molar-refractivity contribution is -0.113. The first-order chi connectivity index (χ1) is 12.8. The molecule has 4 nitrogen and oxygen atoms in total. The van der Waals surface area contributed by atoms with E-state index < -0.39 is 0 Å². The molecule has 0 spiro atoms. The van der Waals surface area contributed by atoms with Crippen LogP contribution in [0.25, 0.3) is 22.2 Å². The van der Waals surface area contributed by atoms with E-state index in [1.165, 1.54) is 11.8 Å². The number of para-hydroxylation sites is 2. The van der Waals surface area contributed by atoms with Gasteiger partial charge >= 0.3 is 0 Å². The largest absolute Gasteiger partial charge is 0.333 e. The van der Waals surface area contributed by atoms with Gasteiger partial charge in [0.05, 0.1) is 16.8 Å². The Morgan fingerprint density at radius 3 is 2.54 bits per heavy atom. The van der Waals surface area contributed by atoms with Crippen molar-refractivity contribution in [2.45, 2.75) is 5.16 Å². The summed E-state index contributed by atoms with van der Waals surface area (Å²) in [6, 6.07) is 25.8. The lowest BCUT2D eigenvalue weighted by Crippen LogP contribution is -2.14. The smallest absolute Gasteiger partial charge is 0.234 e. The molecule has 1 aromatic heterocycles. The van der Waals surface area contributed by atoms with Crippen molar-refractivity contribution in [2.75, 3.05) is 11.1 Å². The van der Waals surface area contributed by atoms with E-state index in [0.717, 1.165) is 33.0 Å². The molecule has 0 aliphatic heterocycles. The van der Waals surface area contributed by atoms with Gasteiger partial charge in [-0.25, -0.2) is 4.98 Å². The molecule has 1 amide bonds. The van der Waals surface area contributed by atoms with Gasteiger partial charge in [-0.1, -0.05) is 66.4 Å². The monoisotopic (exact) mass is 359 g/mol. The third kappa shape index (κ3) is 3.78. The van der Waals surface area contributed by atoms with Crippen LogP contribution < -0.4 is 5.32 Å². The van der Waals surface area contributed by atoms with Crippen LogP contribution >= 0.6 is 11.8 Å². The summed E-state index contributed by atoms with van der Waals surface area (Å²) in [5, 5.41) is 3.70. The fourth-order valence-electron chi connectivity index (χ4n) is 2.74. The molecule has 0 saturated carbocycles. The molecular weight excluding hydrogens is 342 g/mol. The fourth-order valence-corrected chi connectivity index (χ4v) is 3.42. The number of anilines is 1. The second-order valence-corrected chi connectivity index (χ2v) is 6.81. The minimum absolute atomic E-state index is 0.0549. The van der Waals surface area contributed by atoms with Gasteiger partial charge in [-0.05, 0) is 35.4 Å². The molecule has 0 atom stereocenters. The van der Waals surface area contributed by atoms with E-state index in [1.807, 2.05) is 66.7 Å². The number of H-pyrrole nitrogens is 1. The van der Waals surface area contributed by atoms with Crippen LogP contribution in [0.4, 0.5) is 5.69 Å². The van der Waals surface area contributed by atoms with Crippen molar-refractivity contribution in [2.24, 2.45) is 0 Å². The number of amides is 1. The summed E-state index contributed by atoms with van der Waals surface area (Å²) in [6.45, 7) is 0. The Labute approximate surface area is 155 Å². The molecule has 3 aromatic carbocycles. The summed E-state index contributed by atoms with van der Waals surface area (Å²) in [6.07, 6.45) is 0. The third-order valence-electron chi connectivity index (χ3n) is 3.96. The first-order valence-corrected chi connectivity index (χ1v) is 9.29. The Morgan fingerprint density at radius 1 is 0.923 bits per heavy atom. The van der Waals surface area contributed by atoms with Crippen molar-refractivity contribution in [1.82, 2.24) is 9.97 Å². The lowest BCUT2D eigenvalue weighted by Gasteiger charge is -2.07. The molecule has 0 bridgehead atoms. The van der Waals surface area contributed by atoms with Crippen LogP contribution in [0.3, 0.4) is 0 Å². The van der Waals surface area contributed by atoms with E-state index in [1.54, 1.807) is 0 Å². The first kappa shape index (κ1) is 16.4. The number of nitrogens with zero attached hydrogens (tertiary/aromatic N) is 1. The van der Waals surface area contributed by atoms with Gasteiger partial charge in [-0.3, -0.25) is 4.79 Å². The van der Waals surface area contributed by atoms with E-state index >= 15 is 0 Å². The molecule has 26 heavy (non-hydrogen) atoms. The SMILES string of the molecule is O=C(CSc1nc2ccccc2[nH]1)Nc1cccc(-c2ccccc2)c1. The summed E-state index contributed by atoms with van der Waals surface area (Å²) in [4.78, 5) is 20.0. The third-order valence-corrected chi connectivity index (χ3v) is 4.83. The van der Waals surface area contributed by atoms with E-state index in [9.17, 15) is 4.79 Å². The van der Waals surface area contributed by atoms with Crippen LogP contribution in [0.2, 0.25) is 0 Å². The van der Waals surface area contributed by atoms with Gasteiger partial charge in [0.1, 0.15) is 0 Å². The number of benzene rings is 3. The minimum Gasteiger partial charge on any atom is -0.333 e. The van der Waals surface area contributed by atoms with Gasteiger partial charge in [0.25, 0.3) is 0 Å². The van der Waals surface area contributed by atoms with Crippen LogP contribution in [0.1, 0.15) is 0 Å². The highest BCUT2D eigenvalue weighted by Gasteiger charge is 2.08. The number of aromatic amines is 1. The molecule has 1 heterocycles. The summed E-state index contributed by atoms with van der Waals surface area (Å²) in [5.74, 6) is 0.246. The minimum atomic E-state index is -0.0549. The maximum atomic E-state index is 12.3. The number of hydrogen-bond donors (Lipinski definition) is 2. The number of fused-ring (bicyclic) bond motifs is 1. The van der Waals surface area contributed by atoms with E-state index in [4.69, 9.17) is 0 Å². The van der Waals surface area contributed by atoms with E-state index in [0.29, 0.717) is 5.75 Å². The zero-order valence-corrected chi connectivity index (χ0v) is 14.8. The highest BCUT2D eigenvalue weighted by atomic mass is 32.2. The van der Waals surface area contributed by atoms with Gasteiger partial charge in [0.2, 0.25) is 5.91 Å². The van der Waals surface area contributed by atoms with Crippen LogP contribution in [0.15, 0.2) is 84.0 Å². The highest BCUT2D eigenvalue weighted by Crippen LogP contribution is 2.23. The molecule has 0 aliphatic carbocycles. The predicted octanol–water partition coefficient (Wildman–Crippen LogP) is 4.96. The second-order valence-electron chi connectivity index (χ2n) is 5.84. The zero-order valence-electron chi connectivity index (χ0n) is 14.0. The number of hydrogen-bond acceptors (Lipinski definition) is 3. The van der Waals surface area contributed by atoms with Crippen molar-refractivity contribution >= 4 is 34.4 Å². The van der Waals surface area contributed by atoms with Gasteiger partial charge in [-0.15, -0.1) is 0 Å². The van der Waals surface area contributed by atoms with E-state index in [2.05, 4.69) is 27.4 Å². The fraction of sp³-hybridized carbons (Fsp3) is 0.0476. The van der Waals surface area contributed by atoms with Gasteiger partial charge in [0.15, 0.2) is 5.16 Å². The van der Waals surface area contributed by atoms with Crippen molar-refractivity contribution in [3.8, 4) is 11.1 Å². The van der Waals surface area contributed by atoms with Crippen molar-refractivity contribution in [3.63, 3.8) is 0 Å². The maximum Gasteiger partial charge on any atom is 0.234 e. The topological polar surface area (TPSA) is 57.8 Å². The van der Waals surface area contributed by atoms with Crippen molar-refractivity contribution in [1.29, 1.82) is 0 Å². The van der Waals surface area contributed by atoms with E-state index in [-0.39, 0.29) is 5.91 Å². The summed E-state index contributed by atoms with van der Waals surface area (Å²) >= 11 is 1.40. The highest BCUT2D eigenvalue weighted by molar-refractivity contribution is 7.99. The molecule has 0 saturated heterocycles. The van der Waals surface area contributed by atoms with Crippen molar-refractivity contribution < 1.29 is 4.79 Å². The Bertz CT molecular complexity index is 1010. The average molecular weight is 359 g/mol. The average Bonchev–Trinajstić information content (AvgIpc) is 3.10. The Morgan fingerprint density at radius 2 is 1.69 bits per heavy atom. The zero-order chi connectivity index (χ0) is 17.8. The van der Waals surface area contributed by atoms with Crippen LogP contribution in [0.5, 0.6) is 0 Å². The maximum absolute atomic E-state index is 12.3. The number of nitrogens with one attached hydrogen (secondary N) is 2. The molecule has 5 heteroatoms. The molecule has 0 radical (unpaired) electrons. The molecule has 0 fully saturated rings. The van der Waals surface area contributed by atoms with Gasteiger partial charge in [-0.2, -0.15) is 0 Å². The van der Waals surface area contributed by atoms with Crippen LogP contribution in [-0.2, 0) is 4.79 Å². The van der Waals surface area contributed by atoms with Crippen LogP contribution in [0, 0.1) is 0 Å². The standard InChI is InChI=1S/C21H17N3OS/c25-20(14-26-21-23-18-11-4-5-12-19(18)24-21)22-17-10-6-9-16(13-17)15-7-2-1-3-8-15/h1-13H,14H2,(H,22,25)(H,23,24). The summed E-state index contributed by atoms with van der Waals surface area (Å²) in [5.41, 5.74) is 4.88. The summed E-state index contributed by atoms with van der Waals surface area (Å²) in [7, 11) is 0. The molecule has 2 N–H and O–H groups in total. The molecular formula is C21H17N3OS. The lowest BCUT2D eigenvalue weighted by atomic mass is 10.1. The molecule has 0 unspecified atom stereocenters. The number of rotatable bonds is 5. The quantitative estimate of drug-likeness (QED) is 0.495. The number of aromatic nitrogens is 2. The number of thioether (sulfide) groups is 1. The molecule has 0 aliphatic rings. The molecule has 4 aromatic rings. The number of carbonyl (C=O) groups excluding carboxylic acids is 1. The van der Waals surface area contributed by atoms with Gasteiger partial charge < -0.3 is 10.3 Å². The number of carbonyl (C=O) groups is 1. The normalized spacial score (nSPS) is 10.8. The summed E-state index contributed by atoms with van der Waals surface area (Å²) < 4.78 is 0. The predicted molar refractivity (Wildman–Crippen MR) is 107 cm³/mol. The Hall–Kier alpha value is -3.05. The van der Waals surface area contributed by atoms with Crippen molar-refractivity contribution in [3.05, 3.63) is 78.9 Å². The second kappa shape index (κ2) is 7.45. The first-order valence-electron chi connectivity index (χ1n) is 8.31. The number of imidazole rings is 1. The Balaban J connectivity index is 1.40. The molecule has 4 rings (SSSR count). The Kier molecular flexibility index (Phi) is 4.71.